The maximum Gasteiger partial charge on any atom is 0.00488 e. The molecule has 2 aromatic carbocycles. The molecule has 0 aliphatic rings. The molecule has 0 heterocycles. The summed E-state index contributed by atoms with van der Waals surface area (Å²) < 4.78 is 0. The van der Waals surface area contributed by atoms with Crippen molar-refractivity contribution in [3.8, 4) is 0 Å². The Morgan fingerprint density at radius 3 is 2.53 bits per heavy atom. The largest absolute Gasteiger partial charge is 0.0881 e. The van der Waals surface area contributed by atoms with Crippen molar-refractivity contribution in [2.75, 3.05) is 0 Å². The first kappa shape index (κ1) is 11.9. The summed E-state index contributed by atoms with van der Waals surface area (Å²) in [5, 5.41) is 2.73. The molecule has 2 rings (SSSR count). The Kier molecular flexibility index (Phi) is 3.63. The standard InChI is InChI=1S/C17H20/c1-4-13(3)15(5-2)17-12-8-10-14-9-6-7-11-16(14)17/h4,6-12,15H,5H2,1-3H3/b13-4+. The van der Waals surface area contributed by atoms with Gasteiger partial charge in [-0.25, -0.2) is 0 Å². The second-order valence-electron chi connectivity index (χ2n) is 4.56. The number of benzene rings is 2. The Hall–Kier alpha value is -1.56. The lowest BCUT2D eigenvalue weighted by Crippen LogP contribution is -1.99. The summed E-state index contributed by atoms with van der Waals surface area (Å²) in [6, 6.07) is 15.3. The molecule has 0 radical (unpaired) electrons. The summed E-state index contributed by atoms with van der Waals surface area (Å²) in [6.45, 7) is 6.62. The van der Waals surface area contributed by atoms with Gasteiger partial charge in [-0.1, -0.05) is 61.0 Å². The van der Waals surface area contributed by atoms with Crippen LogP contribution in [-0.4, -0.2) is 0 Å². The first-order valence-electron chi connectivity index (χ1n) is 6.38. The fraction of sp³-hybridized carbons (Fsp3) is 0.294. The molecule has 1 unspecified atom stereocenters. The summed E-state index contributed by atoms with van der Waals surface area (Å²) in [5.41, 5.74) is 2.92. The van der Waals surface area contributed by atoms with Gasteiger partial charge in [0, 0.05) is 5.92 Å². The van der Waals surface area contributed by atoms with Crippen LogP contribution in [0.25, 0.3) is 10.8 Å². The van der Waals surface area contributed by atoms with Gasteiger partial charge in [-0.05, 0) is 36.6 Å². The molecule has 88 valence electrons. The molecular weight excluding hydrogens is 204 g/mol. The van der Waals surface area contributed by atoms with Crippen molar-refractivity contribution in [2.24, 2.45) is 0 Å². The fourth-order valence-corrected chi connectivity index (χ4v) is 2.54. The van der Waals surface area contributed by atoms with Crippen LogP contribution >= 0.6 is 0 Å². The molecule has 2 aromatic rings. The van der Waals surface area contributed by atoms with Crippen molar-refractivity contribution in [1.82, 2.24) is 0 Å². The molecule has 1 atom stereocenters. The van der Waals surface area contributed by atoms with Crippen molar-refractivity contribution in [2.45, 2.75) is 33.1 Å². The average molecular weight is 224 g/mol. The predicted octanol–water partition coefficient (Wildman–Crippen LogP) is 5.30. The molecule has 0 fully saturated rings. The lowest BCUT2D eigenvalue weighted by atomic mass is 9.86. The minimum atomic E-state index is 0.547. The van der Waals surface area contributed by atoms with Gasteiger partial charge in [0.1, 0.15) is 0 Å². The molecule has 0 aliphatic carbocycles. The van der Waals surface area contributed by atoms with E-state index in [1.54, 1.807) is 0 Å². The Labute approximate surface area is 104 Å². The van der Waals surface area contributed by atoms with Crippen LogP contribution in [0.2, 0.25) is 0 Å². The van der Waals surface area contributed by atoms with Gasteiger partial charge in [-0.2, -0.15) is 0 Å². The van der Waals surface area contributed by atoms with Gasteiger partial charge < -0.3 is 0 Å². The van der Waals surface area contributed by atoms with Crippen LogP contribution in [-0.2, 0) is 0 Å². The molecule has 0 aliphatic heterocycles. The fourth-order valence-electron chi connectivity index (χ4n) is 2.54. The van der Waals surface area contributed by atoms with E-state index in [1.807, 2.05) is 0 Å². The zero-order chi connectivity index (χ0) is 12.3. The lowest BCUT2D eigenvalue weighted by Gasteiger charge is -2.18. The second-order valence-corrected chi connectivity index (χ2v) is 4.56. The van der Waals surface area contributed by atoms with Crippen LogP contribution in [0.15, 0.2) is 54.1 Å². The van der Waals surface area contributed by atoms with Crippen molar-refractivity contribution in [3.63, 3.8) is 0 Å². The van der Waals surface area contributed by atoms with Gasteiger partial charge in [-0.3, -0.25) is 0 Å². The average Bonchev–Trinajstić information content (AvgIpc) is 2.39. The van der Waals surface area contributed by atoms with Gasteiger partial charge in [0.25, 0.3) is 0 Å². The van der Waals surface area contributed by atoms with E-state index in [9.17, 15) is 0 Å². The number of rotatable bonds is 3. The third-order valence-electron chi connectivity index (χ3n) is 3.61. The van der Waals surface area contributed by atoms with Crippen LogP contribution in [0.3, 0.4) is 0 Å². The van der Waals surface area contributed by atoms with Crippen LogP contribution in [0.4, 0.5) is 0 Å². The molecular formula is C17H20. The maximum absolute atomic E-state index is 2.27. The lowest BCUT2D eigenvalue weighted by molar-refractivity contribution is 0.764. The third kappa shape index (κ3) is 2.26. The Morgan fingerprint density at radius 1 is 1.12 bits per heavy atom. The predicted molar refractivity (Wildman–Crippen MR) is 76.4 cm³/mol. The highest BCUT2D eigenvalue weighted by Crippen LogP contribution is 2.32. The van der Waals surface area contributed by atoms with Gasteiger partial charge >= 0.3 is 0 Å². The van der Waals surface area contributed by atoms with Crippen LogP contribution in [0.1, 0.15) is 38.7 Å². The molecule has 0 bridgehead atoms. The molecule has 0 heteroatoms. The quantitative estimate of drug-likeness (QED) is 0.621. The van der Waals surface area contributed by atoms with E-state index >= 15 is 0 Å². The van der Waals surface area contributed by atoms with Crippen molar-refractivity contribution in [1.29, 1.82) is 0 Å². The molecule has 0 N–H and O–H groups in total. The highest BCUT2D eigenvalue weighted by atomic mass is 14.2. The van der Waals surface area contributed by atoms with Crippen LogP contribution in [0.5, 0.6) is 0 Å². The summed E-state index contributed by atoms with van der Waals surface area (Å²) in [6.07, 6.45) is 3.39. The molecule has 0 nitrogen and oxygen atoms in total. The molecule has 17 heavy (non-hydrogen) atoms. The Balaban J connectivity index is 2.61. The number of fused-ring (bicyclic) bond motifs is 1. The highest BCUT2D eigenvalue weighted by molar-refractivity contribution is 5.86. The minimum Gasteiger partial charge on any atom is -0.0881 e. The van der Waals surface area contributed by atoms with Gasteiger partial charge in [0.2, 0.25) is 0 Å². The van der Waals surface area contributed by atoms with Gasteiger partial charge in [-0.15, -0.1) is 0 Å². The first-order chi connectivity index (χ1) is 8.27. The van der Waals surface area contributed by atoms with Gasteiger partial charge in [0.15, 0.2) is 0 Å². The molecule has 0 saturated carbocycles. The molecule has 0 amide bonds. The first-order valence-corrected chi connectivity index (χ1v) is 6.38. The normalized spacial score (nSPS) is 13.9. The maximum atomic E-state index is 2.27. The summed E-state index contributed by atoms with van der Waals surface area (Å²) >= 11 is 0. The third-order valence-corrected chi connectivity index (χ3v) is 3.61. The van der Waals surface area contributed by atoms with E-state index in [1.165, 1.54) is 21.9 Å². The molecule has 0 spiro atoms. The van der Waals surface area contributed by atoms with E-state index in [0.717, 1.165) is 6.42 Å². The monoisotopic (exact) mass is 224 g/mol. The van der Waals surface area contributed by atoms with E-state index < -0.39 is 0 Å². The topological polar surface area (TPSA) is 0 Å². The van der Waals surface area contributed by atoms with Gasteiger partial charge in [0.05, 0.1) is 0 Å². The van der Waals surface area contributed by atoms with Crippen LogP contribution in [0, 0.1) is 0 Å². The van der Waals surface area contributed by atoms with E-state index in [0.29, 0.717) is 5.92 Å². The zero-order valence-electron chi connectivity index (χ0n) is 10.9. The number of hydrogen-bond acceptors (Lipinski definition) is 0. The second kappa shape index (κ2) is 5.18. The Bertz CT molecular complexity index is 529. The van der Waals surface area contributed by atoms with E-state index in [-0.39, 0.29) is 0 Å². The Morgan fingerprint density at radius 2 is 1.82 bits per heavy atom. The number of allylic oxidation sites excluding steroid dienone is 2. The highest BCUT2D eigenvalue weighted by Gasteiger charge is 2.13. The molecule has 0 saturated heterocycles. The van der Waals surface area contributed by atoms with Crippen molar-refractivity contribution < 1.29 is 0 Å². The smallest absolute Gasteiger partial charge is 0.00488 e. The van der Waals surface area contributed by atoms with Crippen LogP contribution < -0.4 is 0 Å². The van der Waals surface area contributed by atoms with E-state index in [4.69, 9.17) is 0 Å². The summed E-state index contributed by atoms with van der Waals surface area (Å²) in [4.78, 5) is 0. The molecule has 0 aromatic heterocycles. The van der Waals surface area contributed by atoms with Crippen molar-refractivity contribution >= 4 is 10.8 Å². The van der Waals surface area contributed by atoms with E-state index in [2.05, 4.69) is 69.3 Å². The number of hydrogen-bond donors (Lipinski definition) is 0. The van der Waals surface area contributed by atoms with Crippen molar-refractivity contribution in [3.05, 3.63) is 59.7 Å². The minimum absolute atomic E-state index is 0.547. The SMILES string of the molecule is C/C=C(\C)C(CC)c1cccc2ccccc12. The summed E-state index contributed by atoms with van der Waals surface area (Å²) in [7, 11) is 0. The zero-order valence-corrected chi connectivity index (χ0v) is 10.9. The summed E-state index contributed by atoms with van der Waals surface area (Å²) in [5.74, 6) is 0.547.